The second-order valence-corrected chi connectivity index (χ2v) is 10.8. The van der Waals surface area contributed by atoms with Gasteiger partial charge >= 0.3 is 0 Å². The third-order valence-corrected chi connectivity index (χ3v) is 8.12. The number of hydrogen-bond acceptors (Lipinski definition) is 4. The second kappa shape index (κ2) is 11.0. The number of rotatable bonds is 5. The lowest BCUT2D eigenvalue weighted by Gasteiger charge is -2.18. The molecule has 5 nitrogen and oxygen atoms in total. The van der Waals surface area contributed by atoms with Crippen molar-refractivity contribution in [2.45, 2.75) is 0 Å². The lowest BCUT2D eigenvalue weighted by Crippen LogP contribution is -2.06. The quantitative estimate of drug-likeness (QED) is 0.205. The molecule has 0 aliphatic heterocycles. The Hall–Kier alpha value is -6.38. The van der Waals surface area contributed by atoms with E-state index in [9.17, 15) is 5.26 Å². The Morgan fingerprint density at radius 2 is 0.844 bits per heavy atom. The predicted molar refractivity (Wildman–Crippen MR) is 181 cm³/mol. The molecule has 0 spiro atoms. The van der Waals surface area contributed by atoms with Crippen LogP contribution in [0.3, 0.4) is 0 Å². The molecule has 0 radical (unpaired) electrons. The first-order chi connectivity index (χ1) is 22.3. The Kier molecular flexibility index (Phi) is 6.44. The van der Waals surface area contributed by atoms with Crippen molar-refractivity contribution in [3.05, 3.63) is 157 Å². The molecule has 5 heteroatoms. The Morgan fingerprint density at radius 1 is 0.422 bits per heavy atom. The van der Waals surface area contributed by atoms with Crippen LogP contribution in [-0.4, -0.2) is 19.5 Å². The van der Waals surface area contributed by atoms with Gasteiger partial charge in [-0.1, -0.05) is 133 Å². The van der Waals surface area contributed by atoms with Gasteiger partial charge in [-0.3, -0.25) is 0 Å². The van der Waals surface area contributed by atoms with Gasteiger partial charge in [-0.05, 0) is 23.8 Å². The average Bonchev–Trinajstić information content (AvgIpc) is 3.46. The molecule has 0 aliphatic rings. The highest BCUT2D eigenvalue weighted by molar-refractivity contribution is 6.10. The Morgan fingerprint density at radius 3 is 1.36 bits per heavy atom. The minimum absolute atomic E-state index is 0.496. The molecule has 0 N–H and O–H groups in total. The fraction of sp³-hybridized carbons (Fsp3) is 0. The standard InChI is InChI=1S/C40H25N5/c41-26-34-30(27-14-4-1-5-15-27)24-25-33(37(34)45-35-22-12-10-20-31(35)32-21-11-13-23-36(32)45)40-43-38(28-16-6-2-7-17-28)42-39(44-40)29-18-8-3-9-19-29/h1-25H. The van der Waals surface area contributed by atoms with Crippen molar-refractivity contribution in [2.75, 3.05) is 0 Å². The molecule has 2 heterocycles. The van der Waals surface area contributed by atoms with Crippen LogP contribution in [0.1, 0.15) is 5.56 Å². The van der Waals surface area contributed by atoms with Crippen LogP contribution in [0.15, 0.2) is 152 Å². The molecule has 0 saturated heterocycles. The van der Waals surface area contributed by atoms with Gasteiger partial charge < -0.3 is 4.57 Å². The highest BCUT2D eigenvalue weighted by Gasteiger charge is 2.24. The number of nitriles is 1. The summed E-state index contributed by atoms with van der Waals surface area (Å²) in [5, 5.41) is 13.1. The van der Waals surface area contributed by atoms with E-state index in [4.69, 9.17) is 15.0 Å². The number of hydrogen-bond donors (Lipinski definition) is 0. The first-order valence-corrected chi connectivity index (χ1v) is 14.8. The maximum atomic E-state index is 10.9. The van der Waals surface area contributed by atoms with Gasteiger partial charge in [0.15, 0.2) is 17.5 Å². The Balaban J connectivity index is 1.51. The molecular weight excluding hydrogens is 550 g/mol. The van der Waals surface area contributed by atoms with E-state index < -0.39 is 0 Å². The average molecular weight is 576 g/mol. The summed E-state index contributed by atoms with van der Waals surface area (Å²) in [5.74, 6) is 1.63. The van der Waals surface area contributed by atoms with Crippen molar-refractivity contribution < 1.29 is 0 Å². The third kappa shape index (κ3) is 4.53. The number of para-hydroxylation sites is 2. The summed E-state index contributed by atoms with van der Waals surface area (Å²) in [6, 6.07) is 53.2. The Bertz CT molecular complexity index is 2260. The van der Waals surface area contributed by atoms with Crippen LogP contribution in [0, 0.1) is 11.3 Å². The molecule has 210 valence electrons. The van der Waals surface area contributed by atoms with Gasteiger partial charge in [-0.15, -0.1) is 0 Å². The zero-order valence-electron chi connectivity index (χ0n) is 24.2. The molecule has 0 unspecified atom stereocenters. The summed E-state index contributed by atoms with van der Waals surface area (Å²) in [6.45, 7) is 0. The monoisotopic (exact) mass is 575 g/mol. The maximum absolute atomic E-state index is 10.9. The molecule has 8 rings (SSSR count). The van der Waals surface area contributed by atoms with Crippen LogP contribution in [0.5, 0.6) is 0 Å². The van der Waals surface area contributed by atoms with Gasteiger partial charge in [-0.25, -0.2) is 15.0 Å². The molecule has 2 aromatic heterocycles. The molecule has 45 heavy (non-hydrogen) atoms. The van der Waals surface area contributed by atoms with Gasteiger partial charge in [0.25, 0.3) is 0 Å². The van der Waals surface area contributed by atoms with Crippen LogP contribution in [0.25, 0.3) is 72.8 Å². The van der Waals surface area contributed by atoms with Gasteiger partial charge in [0.1, 0.15) is 6.07 Å². The fourth-order valence-electron chi connectivity index (χ4n) is 6.07. The summed E-state index contributed by atoms with van der Waals surface area (Å²) in [7, 11) is 0. The lowest BCUT2D eigenvalue weighted by molar-refractivity contribution is 1.06. The van der Waals surface area contributed by atoms with E-state index in [1.54, 1.807) is 0 Å². The molecular formula is C40H25N5. The molecule has 0 atom stereocenters. The van der Waals surface area contributed by atoms with Crippen molar-refractivity contribution in [2.24, 2.45) is 0 Å². The largest absolute Gasteiger partial charge is 0.307 e. The Labute approximate surface area is 260 Å². The van der Waals surface area contributed by atoms with Gasteiger partial charge in [-0.2, -0.15) is 5.26 Å². The summed E-state index contributed by atoms with van der Waals surface area (Å²) in [6.07, 6.45) is 0. The minimum Gasteiger partial charge on any atom is -0.307 e. The molecule has 0 bridgehead atoms. The van der Waals surface area contributed by atoms with Crippen molar-refractivity contribution in [3.8, 4) is 57.0 Å². The van der Waals surface area contributed by atoms with E-state index in [0.29, 0.717) is 23.0 Å². The van der Waals surface area contributed by atoms with E-state index in [1.165, 1.54) is 0 Å². The van der Waals surface area contributed by atoms with E-state index in [2.05, 4.69) is 47.0 Å². The topological polar surface area (TPSA) is 67.4 Å². The summed E-state index contributed by atoms with van der Waals surface area (Å²) in [4.78, 5) is 15.0. The zero-order chi connectivity index (χ0) is 30.2. The highest BCUT2D eigenvalue weighted by Crippen LogP contribution is 2.40. The summed E-state index contributed by atoms with van der Waals surface area (Å²) < 4.78 is 2.19. The lowest BCUT2D eigenvalue weighted by atomic mass is 9.95. The molecule has 8 aromatic rings. The van der Waals surface area contributed by atoms with Crippen LogP contribution < -0.4 is 0 Å². The zero-order valence-corrected chi connectivity index (χ0v) is 24.2. The highest BCUT2D eigenvalue weighted by atomic mass is 15.1. The second-order valence-electron chi connectivity index (χ2n) is 10.8. The van der Waals surface area contributed by atoms with Crippen molar-refractivity contribution >= 4 is 21.8 Å². The molecule has 0 fully saturated rings. The van der Waals surface area contributed by atoms with E-state index >= 15 is 0 Å². The first kappa shape index (κ1) is 26.3. The number of fused-ring (bicyclic) bond motifs is 3. The molecule has 0 amide bonds. The van der Waals surface area contributed by atoms with E-state index in [-0.39, 0.29) is 0 Å². The smallest absolute Gasteiger partial charge is 0.166 e. The van der Waals surface area contributed by atoms with Crippen LogP contribution in [-0.2, 0) is 0 Å². The van der Waals surface area contributed by atoms with Gasteiger partial charge in [0.05, 0.1) is 22.3 Å². The van der Waals surface area contributed by atoms with Crippen LogP contribution >= 0.6 is 0 Å². The molecule has 6 aromatic carbocycles. The summed E-state index contributed by atoms with van der Waals surface area (Å²) in [5.41, 5.74) is 7.62. The number of benzene rings is 6. The van der Waals surface area contributed by atoms with Gasteiger partial charge in [0, 0.05) is 33.0 Å². The van der Waals surface area contributed by atoms with Gasteiger partial charge in [0.2, 0.25) is 0 Å². The van der Waals surface area contributed by atoms with E-state index in [0.717, 1.165) is 55.3 Å². The normalized spacial score (nSPS) is 11.1. The van der Waals surface area contributed by atoms with Crippen molar-refractivity contribution in [1.29, 1.82) is 5.26 Å². The SMILES string of the molecule is N#Cc1c(-c2ccccc2)ccc(-c2nc(-c3ccccc3)nc(-c3ccccc3)n2)c1-n1c2ccccc2c2ccccc21. The number of aromatic nitrogens is 4. The fourth-order valence-corrected chi connectivity index (χ4v) is 6.07. The first-order valence-electron chi connectivity index (χ1n) is 14.8. The molecule has 0 aliphatic carbocycles. The summed E-state index contributed by atoms with van der Waals surface area (Å²) >= 11 is 0. The number of nitrogens with zero attached hydrogens (tertiary/aromatic N) is 5. The van der Waals surface area contributed by atoms with E-state index in [1.807, 2.05) is 115 Å². The minimum atomic E-state index is 0.496. The van der Waals surface area contributed by atoms with Crippen molar-refractivity contribution in [1.82, 2.24) is 19.5 Å². The van der Waals surface area contributed by atoms with Crippen LogP contribution in [0.4, 0.5) is 0 Å². The van der Waals surface area contributed by atoms with Crippen molar-refractivity contribution in [3.63, 3.8) is 0 Å². The maximum Gasteiger partial charge on any atom is 0.166 e. The molecule has 0 saturated carbocycles. The third-order valence-electron chi connectivity index (χ3n) is 8.12. The van der Waals surface area contributed by atoms with Crippen LogP contribution in [0.2, 0.25) is 0 Å². The predicted octanol–water partition coefficient (Wildman–Crippen LogP) is 9.51.